The van der Waals surface area contributed by atoms with Gasteiger partial charge < -0.3 is 20.1 Å². The highest BCUT2D eigenvalue weighted by atomic mass is 16.5. The fourth-order valence-electron chi connectivity index (χ4n) is 2.86. The van der Waals surface area contributed by atoms with E-state index in [-0.39, 0.29) is 0 Å². The summed E-state index contributed by atoms with van der Waals surface area (Å²) in [6.07, 6.45) is 8.61. The number of nitrogens with zero attached hydrogens (tertiary/aromatic N) is 1. The summed E-state index contributed by atoms with van der Waals surface area (Å²) in [7, 11) is 1.83. The second-order valence-corrected chi connectivity index (χ2v) is 7.51. The molecule has 1 aliphatic rings. The Morgan fingerprint density at radius 2 is 1.92 bits per heavy atom. The second kappa shape index (κ2) is 12.5. The molecule has 1 heterocycles. The van der Waals surface area contributed by atoms with Gasteiger partial charge in [0.1, 0.15) is 0 Å². The van der Waals surface area contributed by atoms with Crippen molar-refractivity contribution in [3.63, 3.8) is 0 Å². The third-order valence-corrected chi connectivity index (χ3v) is 4.55. The zero-order chi connectivity index (χ0) is 17.7. The van der Waals surface area contributed by atoms with Crippen LogP contribution in [0.25, 0.3) is 0 Å². The minimum Gasteiger partial charge on any atom is -0.381 e. The Labute approximate surface area is 149 Å². The summed E-state index contributed by atoms with van der Waals surface area (Å²) in [6.45, 7) is 11.2. The number of hydrogen-bond acceptors (Lipinski definition) is 3. The van der Waals surface area contributed by atoms with Crippen molar-refractivity contribution < 1.29 is 9.47 Å². The molecule has 0 amide bonds. The predicted octanol–water partition coefficient (Wildman–Crippen LogP) is 3.34. The van der Waals surface area contributed by atoms with Gasteiger partial charge in [0.25, 0.3) is 0 Å². The zero-order valence-electron chi connectivity index (χ0n) is 16.3. The fourth-order valence-corrected chi connectivity index (χ4v) is 2.86. The van der Waals surface area contributed by atoms with Crippen LogP contribution in [0.1, 0.15) is 65.7 Å². The quantitative estimate of drug-likeness (QED) is 0.344. The van der Waals surface area contributed by atoms with Crippen LogP contribution in [0.5, 0.6) is 0 Å². The van der Waals surface area contributed by atoms with Crippen LogP contribution in [0.3, 0.4) is 0 Å². The molecule has 0 aromatic carbocycles. The molecule has 1 rings (SSSR count). The van der Waals surface area contributed by atoms with Crippen molar-refractivity contribution in [1.29, 1.82) is 0 Å². The molecule has 0 saturated carbocycles. The Hall–Kier alpha value is -0.810. The van der Waals surface area contributed by atoms with Crippen LogP contribution in [0, 0.1) is 5.41 Å². The normalized spacial score (nSPS) is 17.1. The second-order valence-electron chi connectivity index (χ2n) is 7.51. The van der Waals surface area contributed by atoms with E-state index in [1.807, 2.05) is 7.05 Å². The van der Waals surface area contributed by atoms with Crippen LogP contribution in [0.2, 0.25) is 0 Å². The molecule has 1 aliphatic heterocycles. The van der Waals surface area contributed by atoms with Gasteiger partial charge in [-0.15, -0.1) is 0 Å². The van der Waals surface area contributed by atoms with E-state index in [0.29, 0.717) is 11.5 Å². The summed E-state index contributed by atoms with van der Waals surface area (Å²) in [6, 6.07) is 0. The Morgan fingerprint density at radius 3 is 2.58 bits per heavy atom. The van der Waals surface area contributed by atoms with Gasteiger partial charge in [0, 0.05) is 40.0 Å². The van der Waals surface area contributed by atoms with Gasteiger partial charge in [0.2, 0.25) is 0 Å². The van der Waals surface area contributed by atoms with Gasteiger partial charge in [-0.3, -0.25) is 4.99 Å². The third kappa shape index (κ3) is 10.1. The number of guanidine groups is 1. The van der Waals surface area contributed by atoms with Crippen molar-refractivity contribution in [3.05, 3.63) is 0 Å². The lowest BCUT2D eigenvalue weighted by Crippen LogP contribution is -2.42. The Kier molecular flexibility index (Phi) is 11.1. The number of unbranched alkanes of at least 4 members (excludes halogenated alkanes) is 2. The van der Waals surface area contributed by atoms with Crippen molar-refractivity contribution in [1.82, 2.24) is 10.6 Å². The largest absolute Gasteiger partial charge is 0.381 e. The van der Waals surface area contributed by atoms with E-state index in [1.165, 1.54) is 25.7 Å². The summed E-state index contributed by atoms with van der Waals surface area (Å²) in [5.41, 5.74) is 0.305. The number of nitrogens with one attached hydrogen (secondary N) is 2. The molecule has 5 heteroatoms. The van der Waals surface area contributed by atoms with Crippen LogP contribution in [-0.2, 0) is 9.47 Å². The Bertz CT molecular complexity index is 340. The van der Waals surface area contributed by atoms with E-state index in [4.69, 9.17) is 9.47 Å². The molecule has 5 nitrogen and oxygen atoms in total. The van der Waals surface area contributed by atoms with Gasteiger partial charge in [-0.1, -0.05) is 40.0 Å². The number of hydrogen-bond donors (Lipinski definition) is 2. The van der Waals surface area contributed by atoms with E-state index in [1.54, 1.807) is 0 Å². The molecule has 0 atom stereocenters. The summed E-state index contributed by atoms with van der Waals surface area (Å²) < 4.78 is 11.2. The van der Waals surface area contributed by atoms with E-state index >= 15 is 0 Å². The first-order valence-corrected chi connectivity index (χ1v) is 9.71. The standard InChI is InChI=1S/C19H39N3O2/c1-5-6-7-11-19(2,3)16-22-18(20-4)21-12-8-13-24-17-9-14-23-15-10-17/h17H,5-16H2,1-4H3,(H2,20,21,22). The number of aliphatic imine (C=N–C) groups is 1. The maximum Gasteiger partial charge on any atom is 0.190 e. The highest BCUT2D eigenvalue weighted by Crippen LogP contribution is 2.22. The molecule has 0 spiro atoms. The van der Waals surface area contributed by atoms with E-state index < -0.39 is 0 Å². The van der Waals surface area contributed by atoms with Crippen molar-refractivity contribution >= 4 is 5.96 Å². The lowest BCUT2D eigenvalue weighted by molar-refractivity contribution is -0.0320. The van der Waals surface area contributed by atoms with Gasteiger partial charge in [-0.05, 0) is 31.1 Å². The first-order chi connectivity index (χ1) is 11.6. The van der Waals surface area contributed by atoms with Gasteiger partial charge in [-0.25, -0.2) is 0 Å². The smallest absolute Gasteiger partial charge is 0.190 e. The lowest BCUT2D eigenvalue weighted by Gasteiger charge is -2.26. The lowest BCUT2D eigenvalue weighted by atomic mass is 9.87. The fraction of sp³-hybridized carbons (Fsp3) is 0.947. The maximum atomic E-state index is 5.89. The zero-order valence-corrected chi connectivity index (χ0v) is 16.3. The van der Waals surface area contributed by atoms with Crippen molar-refractivity contribution in [3.8, 4) is 0 Å². The number of ether oxygens (including phenoxy) is 2. The molecule has 24 heavy (non-hydrogen) atoms. The molecule has 0 aromatic heterocycles. The Balaban J connectivity index is 2.09. The predicted molar refractivity (Wildman–Crippen MR) is 102 cm³/mol. The molecule has 1 saturated heterocycles. The molecule has 142 valence electrons. The van der Waals surface area contributed by atoms with Crippen molar-refractivity contribution in [2.45, 2.75) is 71.8 Å². The molecule has 0 aromatic rings. The molecule has 0 bridgehead atoms. The van der Waals surface area contributed by atoms with Crippen molar-refractivity contribution in [2.24, 2.45) is 10.4 Å². The summed E-state index contributed by atoms with van der Waals surface area (Å²) in [4.78, 5) is 4.31. The molecule has 2 N–H and O–H groups in total. The third-order valence-electron chi connectivity index (χ3n) is 4.55. The maximum absolute atomic E-state index is 5.89. The van der Waals surface area contributed by atoms with Gasteiger partial charge in [0.05, 0.1) is 6.10 Å². The monoisotopic (exact) mass is 341 g/mol. The average molecular weight is 342 g/mol. The highest BCUT2D eigenvalue weighted by Gasteiger charge is 2.17. The van der Waals surface area contributed by atoms with Gasteiger partial charge in [0.15, 0.2) is 5.96 Å². The molecule has 0 aliphatic carbocycles. The number of rotatable bonds is 11. The molecular formula is C19H39N3O2. The van der Waals surface area contributed by atoms with E-state index in [9.17, 15) is 0 Å². The first-order valence-electron chi connectivity index (χ1n) is 9.71. The first kappa shape index (κ1) is 21.2. The van der Waals surface area contributed by atoms with Gasteiger partial charge >= 0.3 is 0 Å². The van der Waals surface area contributed by atoms with E-state index in [2.05, 4.69) is 36.4 Å². The highest BCUT2D eigenvalue weighted by molar-refractivity contribution is 5.79. The molecule has 1 fully saturated rings. The summed E-state index contributed by atoms with van der Waals surface area (Å²) in [5, 5.41) is 6.84. The summed E-state index contributed by atoms with van der Waals surface area (Å²) in [5.74, 6) is 0.893. The average Bonchev–Trinajstić information content (AvgIpc) is 2.58. The van der Waals surface area contributed by atoms with Crippen LogP contribution in [0.4, 0.5) is 0 Å². The van der Waals surface area contributed by atoms with Crippen LogP contribution >= 0.6 is 0 Å². The van der Waals surface area contributed by atoms with Crippen LogP contribution in [-0.4, -0.2) is 52.0 Å². The van der Waals surface area contributed by atoms with Crippen molar-refractivity contribution in [2.75, 3.05) is 40.0 Å². The topological polar surface area (TPSA) is 54.9 Å². The summed E-state index contributed by atoms with van der Waals surface area (Å²) >= 11 is 0. The van der Waals surface area contributed by atoms with Crippen LogP contribution in [0.15, 0.2) is 4.99 Å². The minimum absolute atomic E-state index is 0.305. The molecule has 0 unspecified atom stereocenters. The Morgan fingerprint density at radius 1 is 1.17 bits per heavy atom. The molecule has 0 radical (unpaired) electrons. The molecular weight excluding hydrogens is 302 g/mol. The van der Waals surface area contributed by atoms with E-state index in [0.717, 1.165) is 58.1 Å². The minimum atomic E-state index is 0.305. The van der Waals surface area contributed by atoms with Gasteiger partial charge in [-0.2, -0.15) is 0 Å². The van der Waals surface area contributed by atoms with Crippen LogP contribution < -0.4 is 10.6 Å². The SMILES string of the molecule is CCCCCC(C)(C)CNC(=NC)NCCCOC1CCOCC1.